The van der Waals surface area contributed by atoms with Crippen LogP contribution in [-0.4, -0.2) is 28.1 Å². The molecule has 0 unspecified atom stereocenters. The number of hydrogen-bond donors (Lipinski definition) is 2. The van der Waals surface area contributed by atoms with Crippen molar-refractivity contribution in [3.8, 4) is 21.7 Å². The first-order valence-electron chi connectivity index (χ1n) is 11.6. The molecule has 0 saturated carbocycles. The van der Waals surface area contributed by atoms with Gasteiger partial charge in [-0.3, -0.25) is 14.9 Å². The fourth-order valence-electron chi connectivity index (χ4n) is 3.72. The third-order valence-electron chi connectivity index (χ3n) is 5.96. The summed E-state index contributed by atoms with van der Waals surface area (Å²) in [5.41, 5.74) is 4.69. The van der Waals surface area contributed by atoms with Gasteiger partial charge in [0.1, 0.15) is 11.0 Å². The van der Waals surface area contributed by atoms with Gasteiger partial charge in [-0.1, -0.05) is 97.8 Å². The minimum Gasteiger partial charge on any atom is -0.340 e. The van der Waals surface area contributed by atoms with Gasteiger partial charge in [0, 0.05) is 11.1 Å². The molecule has 0 saturated heterocycles. The average molecular weight is 485 g/mol. The fraction of sp³-hybridized carbons (Fsp3) is 0.214. The molecule has 0 aliphatic heterocycles. The van der Waals surface area contributed by atoms with Crippen LogP contribution in [0.5, 0.6) is 0 Å². The molecule has 2 N–H and O–H groups in total. The Morgan fingerprint density at radius 3 is 2.26 bits per heavy atom. The van der Waals surface area contributed by atoms with Crippen molar-refractivity contribution in [1.82, 2.24) is 15.5 Å². The maximum absolute atomic E-state index is 13.1. The number of carbonyl (C=O) groups excluding carboxylic acids is 2. The largest absolute Gasteiger partial charge is 0.340 e. The Morgan fingerprint density at radius 2 is 1.57 bits per heavy atom. The van der Waals surface area contributed by atoms with Gasteiger partial charge in [-0.2, -0.15) is 0 Å². The SMILES string of the molecule is CC[C@@H](C)[C@@H](NC(=O)c1ccc(-c2ccccc2)cc1)C(=O)Nc1nnc(-c2cccc(C)c2)s1. The van der Waals surface area contributed by atoms with Gasteiger partial charge >= 0.3 is 0 Å². The van der Waals surface area contributed by atoms with E-state index in [0.29, 0.717) is 10.7 Å². The molecule has 0 aliphatic rings. The number of aryl methyl sites for hydroxylation is 1. The van der Waals surface area contributed by atoms with Crippen molar-refractivity contribution in [2.45, 2.75) is 33.2 Å². The summed E-state index contributed by atoms with van der Waals surface area (Å²) in [6, 6.07) is 24.6. The van der Waals surface area contributed by atoms with Gasteiger partial charge in [0.15, 0.2) is 0 Å². The fourth-order valence-corrected chi connectivity index (χ4v) is 4.47. The molecule has 4 aromatic rings. The first kappa shape index (κ1) is 24.3. The van der Waals surface area contributed by atoms with Crippen LogP contribution >= 0.6 is 11.3 Å². The van der Waals surface area contributed by atoms with Crippen LogP contribution in [0.15, 0.2) is 78.9 Å². The van der Waals surface area contributed by atoms with Gasteiger partial charge < -0.3 is 5.32 Å². The van der Waals surface area contributed by atoms with E-state index in [1.54, 1.807) is 12.1 Å². The van der Waals surface area contributed by atoms with E-state index in [1.807, 2.05) is 87.5 Å². The smallest absolute Gasteiger partial charge is 0.251 e. The van der Waals surface area contributed by atoms with Crippen molar-refractivity contribution >= 4 is 28.3 Å². The molecule has 7 heteroatoms. The Hall–Kier alpha value is -3.84. The lowest BCUT2D eigenvalue weighted by molar-refractivity contribution is -0.119. The summed E-state index contributed by atoms with van der Waals surface area (Å²) in [6.45, 7) is 5.95. The normalized spacial score (nSPS) is 12.5. The van der Waals surface area contributed by atoms with Crippen LogP contribution in [0, 0.1) is 12.8 Å². The molecule has 0 fully saturated rings. The summed E-state index contributed by atoms with van der Waals surface area (Å²) in [7, 11) is 0. The lowest BCUT2D eigenvalue weighted by Gasteiger charge is -2.23. The number of aromatic nitrogens is 2. The molecule has 178 valence electrons. The van der Waals surface area contributed by atoms with Crippen molar-refractivity contribution in [3.63, 3.8) is 0 Å². The Labute approximate surface area is 209 Å². The first-order chi connectivity index (χ1) is 16.9. The lowest BCUT2D eigenvalue weighted by atomic mass is 9.97. The number of nitrogens with zero attached hydrogens (tertiary/aromatic N) is 2. The summed E-state index contributed by atoms with van der Waals surface area (Å²) in [6.07, 6.45) is 0.732. The van der Waals surface area contributed by atoms with E-state index in [-0.39, 0.29) is 17.7 Å². The van der Waals surface area contributed by atoms with Crippen LogP contribution in [0.3, 0.4) is 0 Å². The van der Waals surface area contributed by atoms with Crippen molar-refractivity contribution < 1.29 is 9.59 Å². The number of rotatable bonds is 8. The molecule has 1 aromatic heterocycles. The molecule has 0 aliphatic carbocycles. The van der Waals surface area contributed by atoms with Crippen LogP contribution in [-0.2, 0) is 4.79 Å². The highest BCUT2D eigenvalue weighted by Crippen LogP contribution is 2.27. The zero-order valence-corrected chi connectivity index (χ0v) is 20.8. The minimum absolute atomic E-state index is 0.0632. The van der Waals surface area contributed by atoms with Crippen molar-refractivity contribution in [1.29, 1.82) is 0 Å². The Balaban J connectivity index is 1.45. The standard InChI is InChI=1S/C28H28N4O2S/c1-4-19(3)24(26(34)30-28-32-31-27(35-28)23-12-8-9-18(2)17-23)29-25(33)22-15-13-21(14-16-22)20-10-6-5-7-11-20/h5-17,19,24H,4H2,1-3H3,(H,29,33)(H,30,32,34)/t19-,24-/m1/s1. The molecule has 6 nitrogen and oxygen atoms in total. The lowest BCUT2D eigenvalue weighted by Crippen LogP contribution is -2.47. The van der Waals surface area contributed by atoms with Crippen LogP contribution in [0.1, 0.15) is 36.2 Å². The molecular formula is C28H28N4O2S. The summed E-state index contributed by atoms with van der Waals surface area (Å²) >= 11 is 1.31. The molecule has 0 bridgehead atoms. The number of amides is 2. The zero-order chi connectivity index (χ0) is 24.8. The second-order valence-electron chi connectivity index (χ2n) is 8.55. The number of anilines is 1. The average Bonchev–Trinajstić information content (AvgIpc) is 3.35. The van der Waals surface area contributed by atoms with Gasteiger partial charge in [0.05, 0.1) is 0 Å². The highest BCUT2D eigenvalue weighted by Gasteiger charge is 2.27. The van der Waals surface area contributed by atoms with Gasteiger partial charge in [-0.25, -0.2) is 0 Å². The molecule has 3 aromatic carbocycles. The van der Waals surface area contributed by atoms with Crippen LogP contribution < -0.4 is 10.6 Å². The Bertz CT molecular complexity index is 1300. The molecular weight excluding hydrogens is 456 g/mol. The topological polar surface area (TPSA) is 84.0 Å². The van der Waals surface area contributed by atoms with Crippen LogP contribution in [0.25, 0.3) is 21.7 Å². The number of nitrogens with one attached hydrogen (secondary N) is 2. The predicted molar refractivity (Wildman–Crippen MR) is 141 cm³/mol. The second kappa shape index (κ2) is 11.1. The summed E-state index contributed by atoms with van der Waals surface area (Å²) in [5.74, 6) is -0.657. The maximum Gasteiger partial charge on any atom is 0.251 e. The monoisotopic (exact) mass is 484 g/mol. The Morgan fingerprint density at radius 1 is 0.886 bits per heavy atom. The van der Waals surface area contributed by atoms with E-state index in [1.165, 1.54) is 11.3 Å². The number of carbonyl (C=O) groups is 2. The van der Waals surface area contributed by atoms with E-state index < -0.39 is 6.04 Å². The van der Waals surface area contributed by atoms with E-state index in [2.05, 4.69) is 20.8 Å². The molecule has 2 amide bonds. The zero-order valence-electron chi connectivity index (χ0n) is 20.0. The second-order valence-corrected chi connectivity index (χ2v) is 9.53. The molecule has 0 spiro atoms. The first-order valence-corrected chi connectivity index (χ1v) is 12.4. The third-order valence-corrected chi connectivity index (χ3v) is 6.84. The molecule has 1 heterocycles. The van der Waals surface area contributed by atoms with Gasteiger partial charge in [-0.15, -0.1) is 10.2 Å². The summed E-state index contributed by atoms with van der Waals surface area (Å²) < 4.78 is 0. The summed E-state index contributed by atoms with van der Waals surface area (Å²) in [4.78, 5) is 26.1. The van der Waals surface area contributed by atoms with E-state index in [9.17, 15) is 9.59 Å². The van der Waals surface area contributed by atoms with Crippen LogP contribution in [0.4, 0.5) is 5.13 Å². The highest BCUT2D eigenvalue weighted by atomic mass is 32.1. The van der Waals surface area contributed by atoms with E-state index >= 15 is 0 Å². The Kier molecular flexibility index (Phi) is 7.67. The van der Waals surface area contributed by atoms with E-state index in [4.69, 9.17) is 0 Å². The number of hydrogen-bond acceptors (Lipinski definition) is 5. The quantitative estimate of drug-likeness (QED) is 0.323. The summed E-state index contributed by atoms with van der Waals surface area (Å²) in [5, 5.41) is 15.2. The maximum atomic E-state index is 13.1. The van der Waals surface area contributed by atoms with Crippen molar-refractivity contribution in [2.24, 2.45) is 5.92 Å². The van der Waals surface area contributed by atoms with E-state index in [0.717, 1.165) is 33.7 Å². The van der Waals surface area contributed by atoms with Gasteiger partial charge in [-0.05, 0) is 42.2 Å². The number of benzene rings is 3. The van der Waals surface area contributed by atoms with Gasteiger partial charge in [0.2, 0.25) is 11.0 Å². The minimum atomic E-state index is -0.701. The molecule has 0 radical (unpaired) electrons. The molecule has 4 rings (SSSR count). The van der Waals surface area contributed by atoms with Crippen molar-refractivity contribution in [2.75, 3.05) is 5.32 Å². The van der Waals surface area contributed by atoms with Crippen molar-refractivity contribution in [3.05, 3.63) is 90.0 Å². The van der Waals surface area contributed by atoms with Gasteiger partial charge in [0.25, 0.3) is 5.91 Å². The predicted octanol–water partition coefficient (Wildman–Crippen LogP) is 5.96. The van der Waals surface area contributed by atoms with Crippen LogP contribution in [0.2, 0.25) is 0 Å². The molecule has 35 heavy (non-hydrogen) atoms. The highest BCUT2D eigenvalue weighted by molar-refractivity contribution is 7.18. The molecule has 2 atom stereocenters. The third kappa shape index (κ3) is 6.00.